The summed E-state index contributed by atoms with van der Waals surface area (Å²) < 4.78 is 7.22. The van der Waals surface area contributed by atoms with Gasteiger partial charge in [-0.05, 0) is 37.6 Å². The molecule has 0 aliphatic heterocycles. The van der Waals surface area contributed by atoms with Crippen LogP contribution in [0.15, 0.2) is 18.2 Å². The number of nitrogens with one attached hydrogen (secondary N) is 1. The molecule has 3 aromatic rings. The molecule has 25 heavy (non-hydrogen) atoms. The number of hydrogen-bond donors (Lipinski definition) is 1. The average Bonchev–Trinajstić information content (AvgIpc) is 2.93. The van der Waals surface area contributed by atoms with Crippen molar-refractivity contribution < 1.29 is 4.74 Å². The number of alkyl halides is 1. The van der Waals surface area contributed by atoms with Crippen LogP contribution in [0.1, 0.15) is 18.3 Å². The minimum atomic E-state index is 0.123. The molecule has 3 rings (SSSR count). The van der Waals surface area contributed by atoms with E-state index in [1.165, 1.54) is 0 Å². The maximum atomic E-state index is 6.10. The van der Waals surface area contributed by atoms with E-state index in [0.717, 1.165) is 11.2 Å². The Morgan fingerprint density at radius 2 is 2.08 bits per heavy atom. The Labute approximate surface area is 155 Å². The predicted octanol–water partition coefficient (Wildman–Crippen LogP) is 3.70. The van der Waals surface area contributed by atoms with Crippen molar-refractivity contribution in [3.8, 4) is 0 Å². The van der Waals surface area contributed by atoms with E-state index in [2.05, 4.69) is 25.4 Å². The molecule has 0 bridgehead atoms. The fourth-order valence-electron chi connectivity index (χ4n) is 2.48. The third kappa shape index (κ3) is 4.00. The van der Waals surface area contributed by atoms with Crippen molar-refractivity contribution >= 4 is 45.9 Å². The molecular formula is C16H18Cl2N6O. The SMILES string of the molecule is CCOCCn1nc(CCl)c2nc(Cl)nc(Nc3cccc(C)n3)c21. The maximum Gasteiger partial charge on any atom is 0.225 e. The molecule has 0 saturated heterocycles. The van der Waals surface area contributed by atoms with Gasteiger partial charge in [0.25, 0.3) is 0 Å². The van der Waals surface area contributed by atoms with E-state index in [1.54, 1.807) is 4.68 Å². The van der Waals surface area contributed by atoms with Crippen molar-refractivity contribution in [1.82, 2.24) is 24.7 Å². The highest BCUT2D eigenvalue weighted by atomic mass is 35.5. The number of ether oxygens (including phenoxy) is 1. The van der Waals surface area contributed by atoms with Crippen molar-refractivity contribution in [2.75, 3.05) is 18.5 Å². The first-order valence-corrected chi connectivity index (χ1v) is 8.81. The standard InChI is InChI=1S/C16H18Cl2N6O/c1-3-25-8-7-24-14-13(11(9-17)23-24)21-16(18)22-15(14)20-12-6-4-5-10(2)19-12/h4-6H,3,7-9H2,1-2H3,(H,19,20,21,22). The topological polar surface area (TPSA) is 77.8 Å². The van der Waals surface area contributed by atoms with Crippen LogP contribution in [0, 0.1) is 6.92 Å². The predicted molar refractivity (Wildman–Crippen MR) is 98.6 cm³/mol. The van der Waals surface area contributed by atoms with E-state index in [4.69, 9.17) is 27.9 Å². The zero-order chi connectivity index (χ0) is 17.8. The Morgan fingerprint density at radius 1 is 1.24 bits per heavy atom. The Morgan fingerprint density at radius 3 is 2.80 bits per heavy atom. The van der Waals surface area contributed by atoms with Gasteiger partial charge in [-0.1, -0.05) is 6.07 Å². The highest BCUT2D eigenvalue weighted by Gasteiger charge is 2.18. The lowest BCUT2D eigenvalue weighted by Gasteiger charge is -2.10. The third-order valence-corrected chi connectivity index (χ3v) is 3.96. The Bertz CT molecular complexity index is 882. The van der Waals surface area contributed by atoms with Gasteiger partial charge in [0.1, 0.15) is 22.5 Å². The van der Waals surface area contributed by atoms with E-state index in [0.29, 0.717) is 42.6 Å². The molecule has 0 atom stereocenters. The van der Waals surface area contributed by atoms with Gasteiger partial charge in [0.05, 0.1) is 19.0 Å². The minimum Gasteiger partial charge on any atom is -0.380 e. The summed E-state index contributed by atoms with van der Waals surface area (Å²) in [5.41, 5.74) is 2.90. The van der Waals surface area contributed by atoms with Gasteiger partial charge in [0, 0.05) is 12.3 Å². The van der Waals surface area contributed by atoms with Gasteiger partial charge in [-0.15, -0.1) is 11.6 Å². The number of rotatable bonds is 7. The molecule has 0 aliphatic rings. The summed E-state index contributed by atoms with van der Waals surface area (Å²) in [6.07, 6.45) is 0. The second-order valence-corrected chi connectivity index (χ2v) is 5.93. The van der Waals surface area contributed by atoms with E-state index < -0.39 is 0 Å². The zero-order valence-electron chi connectivity index (χ0n) is 14.0. The zero-order valence-corrected chi connectivity index (χ0v) is 15.5. The Hall–Kier alpha value is -1.96. The van der Waals surface area contributed by atoms with Crippen LogP contribution in [0.2, 0.25) is 5.28 Å². The quantitative estimate of drug-likeness (QED) is 0.382. The lowest BCUT2D eigenvalue weighted by atomic mass is 10.3. The Kier molecular flexibility index (Phi) is 5.67. The Balaban J connectivity index is 2.07. The smallest absolute Gasteiger partial charge is 0.225 e. The summed E-state index contributed by atoms with van der Waals surface area (Å²) in [5, 5.41) is 7.85. The summed E-state index contributed by atoms with van der Waals surface area (Å²) >= 11 is 12.1. The first-order chi connectivity index (χ1) is 12.1. The van der Waals surface area contributed by atoms with Crippen LogP contribution in [0.25, 0.3) is 11.0 Å². The summed E-state index contributed by atoms with van der Waals surface area (Å²) in [4.78, 5) is 13.1. The summed E-state index contributed by atoms with van der Waals surface area (Å²) in [6, 6.07) is 5.70. The van der Waals surface area contributed by atoms with Crippen molar-refractivity contribution in [3.63, 3.8) is 0 Å². The minimum absolute atomic E-state index is 0.123. The summed E-state index contributed by atoms with van der Waals surface area (Å²) in [7, 11) is 0. The summed E-state index contributed by atoms with van der Waals surface area (Å²) in [5.74, 6) is 1.43. The number of hydrogen-bond acceptors (Lipinski definition) is 6. The highest BCUT2D eigenvalue weighted by molar-refractivity contribution is 6.29. The van der Waals surface area contributed by atoms with E-state index in [9.17, 15) is 0 Å². The molecule has 0 spiro atoms. The molecule has 0 unspecified atom stereocenters. The van der Waals surface area contributed by atoms with Crippen LogP contribution in [0.4, 0.5) is 11.6 Å². The fraction of sp³-hybridized carbons (Fsp3) is 0.375. The largest absolute Gasteiger partial charge is 0.380 e. The van der Waals surface area contributed by atoms with Crippen LogP contribution >= 0.6 is 23.2 Å². The van der Waals surface area contributed by atoms with E-state index in [-0.39, 0.29) is 11.2 Å². The third-order valence-electron chi connectivity index (χ3n) is 3.54. The van der Waals surface area contributed by atoms with Crippen LogP contribution in [0.5, 0.6) is 0 Å². The monoisotopic (exact) mass is 380 g/mol. The van der Waals surface area contributed by atoms with Crippen molar-refractivity contribution in [2.45, 2.75) is 26.3 Å². The molecule has 132 valence electrons. The molecule has 7 nitrogen and oxygen atoms in total. The fourth-order valence-corrected chi connectivity index (χ4v) is 2.83. The highest BCUT2D eigenvalue weighted by Crippen LogP contribution is 2.28. The van der Waals surface area contributed by atoms with Crippen molar-refractivity contribution in [2.24, 2.45) is 0 Å². The van der Waals surface area contributed by atoms with Crippen LogP contribution < -0.4 is 5.32 Å². The van der Waals surface area contributed by atoms with Gasteiger partial charge in [0.2, 0.25) is 5.28 Å². The lowest BCUT2D eigenvalue weighted by molar-refractivity contribution is 0.137. The number of aryl methyl sites for hydroxylation is 1. The molecule has 9 heteroatoms. The van der Waals surface area contributed by atoms with Crippen LogP contribution in [-0.2, 0) is 17.2 Å². The molecule has 0 fully saturated rings. The number of halogens is 2. The van der Waals surface area contributed by atoms with Gasteiger partial charge in [-0.3, -0.25) is 4.68 Å². The average molecular weight is 381 g/mol. The number of pyridine rings is 1. The molecule has 3 heterocycles. The van der Waals surface area contributed by atoms with Gasteiger partial charge >= 0.3 is 0 Å². The normalized spacial score (nSPS) is 11.2. The molecule has 0 saturated carbocycles. The lowest BCUT2D eigenvalue weighted by Crippen LogP contribution is -2.09. The number of aromatic nitrogens is 5. The molecule has 1 N–H and O–H groups in total. The van der Waals surface area contributed by atoms with Gasteiger partial charge in [-0.2, -0.15) is 10.1 Å². The van der Waals surface area contributed by atoms with Crippen molar-refractivity contribution in [1.29, 1.82) is 0 Å². The van der Waals surface area contributed by atoms with Crippen LogP contribution in [0.3, 0.4) is 0 Å². The van der Waals surface area contributed by atoms with Crippen LogP contribution in [-0.4, -0.2) is 37.9 Å². The summed E-state index contributed by atoms with van der Waals surface area (Å²) in [6.45, 7) is 5.60. The molecule has 0 aliphatic carbocycles. The molecular weight excluding hydrogens is 363 g/mol. The van der Waals surface area contributed by atoms with Crippen molar-refractivity contribution in [3.05, 3.63) is 34.9 Å². The number of fused-ring (bicyclic) bond motifs is 1. The second-order valence-electron chi connectivity index (χ2n) is 5.33. The van der Waals surface area contributed by atoms with Gasteiger partial charge in [0.15, 0.2) is 5.82 Å². The number of anilines is 2. The van der Waals surface area contributed by atoms with Gasteiger partial charge in [-0.25, -0.2) is 9.97 Å². The van der Waals surface area contributed by atoms with Gasteiger partial charge < -0.3 is 10.1 Å². The first-order valence-electron chi connectivity index (χ1n) is 7.89. The van der Waals surface area contributed by atoms with E-state index in [1.807, 2.05) is 32.0 Å². The maximum absolute atomic E-state index is 6.10. The first kappa shape index (κ1) is 17.8. The number of nitrogens with zero attached hydrogens (tertiary/aromatic N) is 5. The molecule has 0 aromatic carbocycles. The molecule has 0 amide bonds. The second kappa shape index (κ2) is 7.95. The van der Waals surface area contributed by atoms with E-state index >= 15 is 0 Å². The molecule has 0 radical (unpaired) electrons. The molecule has 3 aromatic heterocycles.